The van der Waals surface area contributed by atoms with Crippen LogP contribution in [0.4, 0.5) is 11.5 Å². The van der Waals surface area contributed by atoms with E-state index in [1.165, 1.54) is 7.11 Å². The molecule has 0 spiro atoms. The Morgan fingerprint density at radius 3 is 2.84 bits per heavy atom. The van der Waals surface area contributed by atoms with E-state index in [0.29, 0.717) is 27.3 Å². The molecule has 0 bridgehead atoms. The minimum atomic E-state index is -0.366. The van der Waals surface area contributed by atoms with Crippen molar-refractivity contribution in [3.63, 3.8) is 0 Å². The van der Waals surface area contributed by atoms with E-state index in [1.807, 2.05) is 0 Å². The Kier molecular flexibility index (Phi) is 4.01. The Morgan fingerprint density at radius 1 is 1.37 bits per heavy atom. The summed E-state index contributed by atoms with van der Waals surface area (Å²) in [6.45, 7) is 0. The van der Waals surface area contributed by atoms with Gasteiger partial charge in [0.1, 0.15) is 17.1 Å². The Balaban J connectivity index is 2.33. The van der Waals surface area contributed by atoms with Gasteiger partial charge in [0.05, 0.1) is 11.6 Å². The number of methoxy groups -OCH3 is 1. The third kappa shape index (κ3) is 2.85. The van der Waals surface area contributed by atoms with Crippen molar-refractivity contribution in [1.82, 2.24) is 4.98 Å². The zero-order valence-corrected chi connectivity index (χ0v) is 11.8. The van der Waals surface area contributed by atoms with E-state index in [2.05, 4.69) is 26.2 Å². The summed E-state index contributed by atoms with van der Waals surface area (Å²) >= 11 is 3.31. The molecule has 3 N–H and O–H groups in total. The van der Waals surface area contributed by atoms with Gasteiger partial charge in [-0.2, -0.15) is 0 Å². The lowest BCUT2D eigenvalue weighted by Crippen LogP contribution is -2.16. The van der Waals surface area contributed by atoms with Gasteiger partial charge in [-0.1, -0.05) is 6.07 Å². The minimum Gasteiger partial charge on any atom is -0.496 e. The van der Waals surface area contributed by atoms with Crippen LogP contribution in [0.1, 0.15) is 10.4 Å². The van der Waals surface area contributed by atoms with Crippen LogP contribution < -0.4 is 15.8 Å². The third-order valence-electron chi connectivity index (χ3n) is 2.50. The second-order valence-electron chi connectivity index (χ2n) is 3.71. The molecule has 19 heavy (non-hydrogen) atoms. The summed E-state index contributed by atoms with van der Waals surface area (Å²) in [7, 11) is 1.49. The quantitative estimate of drug-likeness (QED) is 0.852. The van der Waals surface area contributed by atoms with Crippen molar-refractivity contribution in [2.45, 2.75) is 0 Å². The lowest BCUT2D eigenvalue weighted by Gasteiger charge is -2.11. The van der Waals surface area contributed by atoms with Crippen molar-refractivity contribution in [2.24, 2.45) is 0 Å². The third-order valence-corrected chi connectivity index (χ3v) is 3.14. The molecule has 0 saturated heterocycles. The molecule has 1 aromatic heterocycles. The first-order chi connectivity index (χ1) is 9.13. The number of benzene rings is 1. The van der Waals surface area contributed by atoms with E-state index in [-0.39, 0.29) is 5.91 Å². The number of aromatic nitrogens is 1. The predicted molar refractivity (Wildman–Crippen MR) is 77.3 cm³/mol. The lowest BCUT2D eigenvalue weighted by molar-refractivity contribution is 0.102. The normalized spacial score (nSPS) is 10.0. The SMILES string of the molecule is COc1cccc(N)c1C(=O)Nc1ncccc1Br. The van der Waals surface area contributed by atoms with Crippen LogP contribution in [0.3, 0.4) is 0 Å². The number of amides is 1. The molecular formula is C13H12BrN3O2. The molecule has 0 aliphatic rings. The molecule has 0 aliphatic heterocycles. The highest BCUT2D eigenvalue weighted by atomic mass is 79.9. The van der Waals surface area contributed by atoms with Crippen molar-refractivity contribution in [3.8, 4) is 5.75 Å². The van der Waals surface area contributed by atoms with Crippen LogP contribution in [0.5, 0.6) is 5.75 Å². The van der Waals surface area contributed by atoms with Crippen LogP contribution in [-0.4, -0.2) is 18.0 Å². The molecule has 1 heterocycles. The van der Waals surface area contributed by atoms with Crippen molar-refractivity contribution in [2.75, 3.05) is 18.2 Å². The maximum Gasteiger partial charge on any atom is 0.262 e. The number of nitrogens with one attached hydrogen (secondary N) is 1. The van der Waals surface area contributed by atoms with E-state index >= 15 is 0 Å². The highest BCUT2D eigenvalue weighted by Crippen LogP contribution is 2.26. The monoisotopic (exact) mass is 321 g/mol. The first-order valence-electron chi connectivity index (χ1n) is 5.48. The number of carbonyl (C=O) groups excluding carboxylic acids is 1. The predicted octanol–water partition coefficient (Wildman–Crippen LogP) is 2.69. The van der Waals surface area contributed by atoms with Crippen molar-refractivity contribution >= 4 is 33.3 Å². The van der Waals surface area contributed by atoms with Crippen molar-refractivity contribution in [1.29, 1.82) is 0 Å². The van der Waals surface area contributed by atoms with Gasteiger partial charge in [-0.3, -0.25) is 4.79 Å². The van der Waals surface area contributed by atoms with Crippen LogP contribution >= 0.6 is 15.9 Å². The van der Waals surface area contributed by atoms with E-state index in [1.54, 1.807) is 36.5 Å². The number of anilines is 2. The fourth-order valence-corrected chi connectivity index (χ4v) is 1.96. The van der Waals surface area contributed by atoms with E-state index in [0.717, 1.165) is 0 Å². The minimum absolute atomic E-state index is 0.294. The van der Waals surface area contributed by atoms with Gasteiger partial charge in [0.25, 0.3) is 5.91 Å². The van der Waals surface area contributed by atoms with Gasteiger partial charge in [-0.15, -0.1) is 0 Å². The fraction of sp³-hybridized carbons (Fsp3) is 0.0769. The van der Waals surface area contributed by atoms with Crippen LogP contribution in [0, 0.1) is 0 Å². The van der Waals surface area contributed by atoms with Gasteiger partial charge >= 0.3 is 0 Å². The number of carbonyl (C=O) groups is 1. The number of ether oxygens (including phenoxy) is 1. The largest absolute Gasteiger partial charge is 0.496 e. The summed E-state index contributed by atoms with van der Waals surface area (Å²) in [5.41, 5.74) is 6.46. The average Bonchev–Trinajstić information content (AvgIpc) is 2.40. The topological polar surface area (TPSA) is 77.2 Å². The van der Waals surface area contributed by atoms with Crippen LogP contribution in [0.2, 0.25) is 0 Å². The number of pyridine rings is 1. The highest BCUT2D eigenvalue weighted by Gasteiger charge is 2.17. The zero-order valence-electron chi connectivity index (χ0n) is 10.2. The summed E-state index contributed by atoms with van der Waals surface area (Å²) in [5.74, 6) is 0.483. The van der Waals surface area contributed by atoms with E-state index in [4.69, 9.17) is 10.5 Å². The van der Waals surface area contributed by atoms with Crippen LogP contribution in [0.25, 0.3) is 0 Å². The molecule has 98 valence electrons. The second-order valence-corrected chi connectivity index (χ2v) is 4.57. The Morgan fingerprint density at radius 2 is 2.16 bits per heavy atom. The number of nitrogen functional groups attached to an aromatic ring is 1. The second kappa shape index (κ2) is 5.71. The molecule has 2 rings (SSSR count). The highest BCUT2D eigenvalue weighted by molar-refractivity contribution is 9.10. The number of hydrogen-bond acceptors (Lipinski definition) is 4. The Bertz CT molecular complexity index is 617. The van der Waals surface area contributed by atoms with E-state index in [9.17, 15) is 4.79 Å². The molecule has 0 atom stereocenters. The van der Waals surface area contributed by atoms with Gasteiger partial charge in [0.15, 0.2) is 0 Å². The Labute approximate surface area is 118 Å². The van der Waals surface area contributed by atoms with Gasteiger partial charge in [0.2, 0.25) is 0 Å². The molecule has 0 fully saturated rings. The first-order valence-corrected chi connectivity index (χ1v) is 6.27. The summed E-state index contributed by atoms with van der Waals surface area (Å²) in [6, 6.07) is 8.59. The zero-order chi connectivity index (χ0) is 13.8. The number of halogens is 1. The molecule has 2 aromatic rings. The van der Waals surface area contributed by atoms with Gasteiger partial charge in [-0.05, 0) is 40.2 Å². The summed E-state index contributed by atoms with van der Waals surface area (Å²) in [5, 5.41) is 2.69. The van der Waals surface area contributed by atoms with Gasteiger partial charge in [-0.25, -0.2) is 4.98 Å². The van der Waals surface area contributed by atoms with Gasteiger partial charge < -0.3 is 15.8 Å². The molecule has 1 amide bonds. The molecule has 0 aliphatic carbocycles. The molecule has 1 aromatic carbocycles. The molecule has 0 radical (unpaired) electrons. The number of nitrogens with two attached hydrogens (primary N) is 1. The van der Waals surface area contributed by atoms with Crippen molar-refractivity contribution in [3.05, 3.63) is 46.6 Å². The molecule has 0 unspecified atom stereocenters. The first kappa shape index (κ1) is 13.4. The van der Waals surface area contributed by atoms with Crippen LogP contribution in [-0.2, 0) is 0 Å². The summed E-state index contributed by atoms with van der Waals surface area (Å²) in [6.07, 6.45) is 1.59. The lowest BCUT2D eigenvalue weighted by atomic mass is 10.1. The maximum atomic E-state index is 12.2. The molecular weight excluding hydrogens is 310 g/mol. The average molecular weight is 322 g/mol. The fourth-order valence-electron chi connectivity index (χ4n) is 1.61. The molecule has 5 nitrogen and oxygen atoms in total. The Hall–Kier alpha value is -2.08. The summed E-state index contributed by atoms with van der Waals surface area (Å²) < 4.78 is 5.83. The smallest absolute Gasteiger partial charge is 0.262 e. The number of rotatable bonds is 3. The number of hydrogen-bond donors (Lipinski definition) is 2. The number of nitrogens with zero attached hydrogens (tertiary/aromatic N) is 1. The van der Waals surface area contributed by atoms with Gasteiger partial charge in [0, 0.05) is 11.9 Å². The molecule has 6 heteroatoms. The van der Waals surface area contributed by atoms with E-state index < -0.39 is 0 Å². The van der Waals surface area contributed by atoms with Crippen LogP contribution in [0.15, 0.2) is 41.0 Å². The van der Waals surface area contributed by atoms with Crippen molar-refractivity contribution < 1.29 is 9.53 Å². The summed E-state index contributed by atoms with van der Waals surface area (Å²) in [4.78, 5) is 16.3. The standard InChI is InChI=1S/C13H12BrN3O2/c1-19-10-6-2-5-9(15)11(10)13(18)17-12-8(14)4-3-7-16-12/h2-7H,15H2,1H3,(H,16,17,18). The molecule has 0 saturated carbocycles. The maximum absolute atomic E-state index is 12.2.